The summed E-state index contributed by atoms with van der Waals surface area (Å²) in [6, 6.07) is 4.91. The van der Waals surface area contributed by atoms with Crippen LogP contribution in [0.4, 0.5) is 4.39 Å². The van der Waals surface area contributed by atoms with Crippen LogP contribution in [0.5, 0.6) is 0 Å². The van der Waals surface area contributed by atoms with Gasteiger partial charge in [0.2, 0.25) is 0 Å². The van der Waals surface area contributed by atoms with Crippen LogP contribution in [0.15, 0.2) is 35.6 Å². The summed E-state index contributed by atoms with van der Waals surface area (Å²) in [4.78, 5) is 26.4. The van der Waals surface area contributed by atoms with Crippen molar-refractivity contribution in [2.24, 2.45) is 5.92 Å². The maximum atomic E-state index is 13.2. The largest absolute Gasteiger partial charge is 0.503 e. The summed E-state index contributed by atoms with van der Waals surface area (Å²) in [7, 11) is 1.56. The summed E-state index contributed by atoms with van der Waals surface area (Å²) in [5.74, 6) is -2.15. The van der Waals surface area contributed by atoms with Crippen LogP contribution < -0.4 is 0 Å². The van der Waals surface area contributed by atoms with Crippen molar-refractivity contribution < 1.29 is 23.8 Å². The van der Waals surface area contributed by atoms with Crippen molar-refractivity contribution in [1.82, 2.24) is 4.90 Å². The molecule has 1 amide bonds. The highest BCUT2D eigenvalue weighted by atomic mass is 19.1. The number of hydrogen-bond acceptors (Lipinski definition) is 4. The van der Waals surface area contributed by atoms with Gasteiger partial charge >= 0.3 is 0 Å². The highest BCUT2D eigenvalue weighted by Gasteiger charge is 2.43. The zero-order chi connectivity index (χ0) is 17.9. The molecule has 1 heterocycles. The lowest BCUT2D eigenvalue weighted by Crippen LogP contribution is -2.33. The third kappa shape index (κ3) is 3.48. The Morgan fingerprint density at radius 1 is 1.33 bits per heavy atom. The van der Waals surface area contributed by atoms with E-state index in [1.54, 1.807) is 21.0 Å². The maximum Gasteiger partial charge on any atom is 0.290 e. The second kappa shape index (κ2) is 7.57. The highest BCUT2D eigenvalue weighted by Crippen LogP contribution is 2.38. The summed E-state index contributed by atoms with van der Waals surface area (Å²) in [6.07, 6.45) is 0.566. The molecule has 1 aromatic carbocycles. The summed E-state index contributed by atoms with van der Waals surface area (Å²) < 4.78 is 18.2. The summed E-state index contributed by atoms with van der Waals surface area (Å²) >= 11 is 0. The average molecular weight is 335 g/mol. The van der Waals surface area contributed by atoms with Crippen molar-refractivity contribution in [3.63, 3.8) is 0 Å². The molecule has 1 aromatic rings. The molecule has 6 heteroatoms. The number of ketones is 1. The Morgan fingerprint density at radius 3 is 2.50 bits per heavy atom. The fourth-order valence-corrected chi connectivity index (χ4v) is 2.82. The van der Waals surface area contributed by atoms with Gasteiger partial charge in [-0.1, -0.05) is 26.0 Å². The quantitative estimate of drug-likeness (QED) is 0.778. The van der Waals surface area contributed by atoms with Crippen molar-refractivity contribution in [2.75, 3.05) is 20.3 Å². The highest BCUT2D eigenvalue weighted by molar-refractivity contribution is 6.09. The van der Waals surface area contributed by atoms with E-state index < -0.39 is 23.5 Å². The van der Waals surface area contributed by atoms with Gasteiger partial charge in [-0.3, -0.25) is 9.59 Å². The van der Waals surface area contributed by atoms with Crippen LogP contribution in [-0.4, -0.2) is 42.0 Å². The van der Waals surface area contributed by atoms with Crippen LogP contribution in [0.25, 0.3) is 0 Å². The lowest BCUT2D eigenvalue weighted by Gasteiger charge is -2.27. The van der Waals surface area contributed by atoms with Crippen molar-refractivity contribution in [2.45, 2.75) is 26.3 Å². The molecule has 0 spiro atoms. The fourth-order valence-electron chi connectivity index (χ4n) is 2.82. The van der Waals surface area contributed by atoms with E-state index in [0.29, 0.717) is 25.1 Å². The first-order chi connectivity index (χ1) is 11.4. The molecule has 1 aliphatic rings. The minimum absolute atomic E-state index is 0.0824. The minimum Gasteiger partial charge on any atom is -0.503 e. The van der Waals surface area contributed by atoms with Gasteiger partial charge in [0.25, 0.3) is 5.91 Å². The number of Topliss-reactive ketones (excluding diaryl/α,β-unsaturated/α-hetero) is 1. The SMILES string of the molecule is COCCCN1C(=O)C(O)=C(C(=O)C(C)C)C1c1ccc(F)cc1. The number of hydrogen-bond donors (Lipinski definition) is 1. The Hall–Kier alpha value is -2.21. The number of methoxy groups -OCH3 is 1. The van der Waals surface area contributed by atoms with Gasteiger partial charge in [-0.15, -0.1) is 0 Å². The monoisotopic (exact) mass is 335 g/mol. The van der Waals surface area contributed by atoms with E-state index in [2.05, 4.69) is 0 Å². The molecule has 0 saturated heterocycles. The summed E-state index contributed by atoms with van der Waals surface area (Å²) in [5.41, 5.74) is 0.675. The molecule has 0 saturated carbocycles. The number of nitrogens with zero attached hydrogens (tertiary/aromatic N) is 1. The van der Waals surface area contributed by atoms with Crippen molar-refractivity contribution in [3.05, 3.63) is 47.0 Å². The topological polar surface area (TPSA) is 66.8 Å². The van der Waals surface area contributed by atoms with E-state index >= 15 is 0 Å². The van der Waals surface area contributed by atoms with Crippen LogP contribution in [0.3, 0.4) is 0 Å². The van der Waals surface area contributed by atoms with E-state index in [1.807, 2.05) is 0 Å². The van der Waals surface area contributed by atoms with Gasteiger partial charge in [0.1, 0.15) is 5.82 Å². The molecule has 24 heavy (non-hydrogen) atoms. The molecule has 2 rings (SSSR count). The molecular weight excluding hydrogens is 313 g/mol. The van der Waals surface area contributed by atoms with E-state index in [0.717, 1.165) is 0 Å². The molecule has 1 unspecified atom stereocenters. The molecule has 0 aromatic heterocycles. The molecule has 0 fully saturated rings. The second-order valence-corrected chi connectivity index (χ2v) is 6.08. The van der Waals surface area contributed by atoms with Gasteiger partial charge in [-0.25, -0.2) is 4.39 Å². The number of rotatable bonds is 7. The van der Waals surface area contributed by atoms with E-state index in [4.69, 9.17) is 4.74 Å². The number of benzene rings is 1. The Balaban J connectivity index is 2.44. The van der Waals surface area contributed by atoms with E-state index in [9.17, 15) is 19.1 Å². The van der Waals surface area contributed by atoms with Crippen LogP contribution in [0, 0.1) is 11.7 Å². The van der Waals surface area contributed by atoms with E-state index in [1.165, 1.54) is 29.2 Å². The Bertz CT molecular complexity index is 651. The molecular formula is C18H22FNO4. The smallest absolute Gasteiger partial charge is 0.290 e. The van der Waals surface area contributed by atoms with Gasteiger partial charge in [0.15, 0.2) is 11.5 Å². The van der Waals surface area contributed by atoms with Gasteiger partial charge in [-0.2, -0.15) is 0 Å². The van der Waals surface area contributed by atoms with Gasteiger partial charge in [-0.05, 0) is 24.1 Å². The van der Waals surface area contributed by atoms with E-state index in [-0.39, 0.29) is 17.3 Å². The predicted molar refractivity (Wildman–Crippen MR) is 86.8 cm³/mol. The predicted octanol–water partition coefficient (Wildman–Crippen LogP) is 2.78. The summed E-state index contributed by atoms with van der Waals surface area (Å²) in [6.45, 7) is 4.20. The zero-order valence-electron chi connectivity index (χ0n) is 14.1. The van der Waals surface area contributed by atoms with Crippen molar-refractivity contribution in [3.8, 4) is 0 Å². The number of carbonyl (C=O) groups is 2. The number of aliphatic hydroxyl groups is 1. The first kappa shape index (κ1) is 18.1. The first-order valence-corrected chi connectivity index (χ1v) is 7.91. The molecule has 0 aliphatic carbocycles. The number of aliphatic hydroxyl groups excluding tert-OH is 1. The lowest BCUT2D eigenvalue weighted by atomic mass is 9.91. The van der Waals surface area contributed by atoms with Gasteiger partial charge < -0.3 is 14.7 Å². The molecule has 1 aliphatic heterocycles. The molecule has 0 radical (unpaired) electrons. The number of halogens is 1. The summed E-state index contributed by atoms with van der Waals surface area (Å²) in [5, 5.41) is 10.3. The van der Waals surface area contributed by atoms with Crippen LogP contribution in [-0.2, 0) is 14.3 Å². The standard InChI is InChI=1S/C18H22FNO4/c1-11(2)16(21)14-15(12-5-7-13(19)8-6-12)20(9-4-10-24-3)18(23)17(14)22/h5-8,11,15,22H,4,9-10H2,1-3H3. The number of ether oxygens (including phenoxy) is 1. The third-order valence-electron chi connectivity index (χ3n) is 4.03. The normalized spacial score (nSPS) is 18.0. The Labute approximate surface area is 140 Å². The Morgan fingerprint density at radius 2 is 1.96 bits per heavy atom. The number of carbonyl (C=O) groups excluding carboxylic acids is 2. The maximum absolute atomic E-state index is 13.2. The van der Waals surface area contributed by atoms with Gasteiger partial charge in [0, 0.05) is 26.2 Å². The van der Waals surface area contributed by atoms with Crippen LogP contribution >= 0.6 is 0 Å². The second-order valence-electron chi connectivity index (χ2n) is 6.08. The van der Waals surface area contributed by atoms with Gasteiger partial charge in [0.05, 0.1) is 11.6 Å². The first-order valence-electron chi connectivity index (χ1n) is 7.91. The zero-order valence-corrected chi connectivity index (χ0v) is 14.1. The molecule has 1 atom stereocenters. The molecule has 1 N–H and O–H groups in total. The molecule has 130 valence electrons. The van der Waals surface area contributed by atoms with Crippen molar-refractivity contribution >= 4 is 11.7 Å². The van der Waals surface area contributed by atoms with Crippen molar-refractivity contribution in [1.29, 1.82) is 0 Å². The molecule has 5 nitrogen and oxygen atoms in total. The van der Waals surface area contributed by atoms with Crippen LogP contribution in [0.2, 0.25) is 0 Å². The third-order valence-corrected chi connectivity index (χ3v) is 4.03. The average Bonchev–Trinajstić information content (AvgIpc) is 2.80. The minimum atomic E-state index is -0.704. The fraction of sp³-hybridized carbons (Fsp3) is 0.444. The number of amides is 1. The molecule has 0 bridgehead atoms. The van der Waals surface area contributed by atoms with Crippen LogP contribution in [0.1, 0.15) is 31.9 Å². The lowest BCUT2D eigenvalue weighted by molar-refractivity contribution is -0.129. The Kier molecular flexibility index (Phi) is 5.72.